The van der Waals surface area contributed by atoms with Crippen molar-refractivity contribution in [2.24, 2.45) is 5.92 Å². The highest BCUT2D eigenvalue weighted by molar-refractivity contribution is 7.09. The van der Waals surface area contributed by atoms with Gasteiger partial charge < -0.3 is 20.4 Å². The van der Waals surface area contributed by atoms with Crippen molar-refractivity contribution in [2.45, 2.75) is 46.6 Å². The summed E-state index contributed by atoms with van der Waals surface area (Å²) in [6.07, 6.45) is 2.43. The topological polar surface area (TPSA) is 77.6 Å². The van der Waals surface area contributed by atoms with Gasteiger partial charge in [0, 0.05) is 30.9 Å². The van der Waals surface area contributed by atoms with Gasteiger partial charge >= 0.3 is 6.03 Å². The van der Waals surface area contributed by atoms with E-state index in [1.54, 1.807) is 16.2 Å². The second-order valence-corrected chi connectivity index (χ2v) is 8.01. The number of nitrogens with zero attached hydrogens (tertiary/aromatic N) is 3. The highest BCUT2D eigenvalue weighted by Crippen LogP contribution is 2.17. The van der Waals surface area contributed by atoms with Gasteiger partial charge in [0.1, 0.15) is 0 Å². The Bertz CT molecular complexity index is 595. The van der Waals surface area contributed by atoms with Crippen molar-refractivity contribution in [1.29, 1.82) is 0 Å². The van der Waals surface area contributed by atoms with Gasteiger partial charge in [0.05, 0.1) is 17.2 Å². The van der Waals surface area contributed by atoms with Crippen molar-refractivity contribution in [2.75, 3.05) is 39.3 Å². The lowest BCUT2D eigenvalue weighted by molar-refractivity contribution is -0.126. The predicted octanol–water partition coefficient (Wildman–Crippen LogP) is 2.22. The Kier molecular flexibility index (Phi) is 9.00. The van der Waals surface area contributed by atoms with Crippen LogP contribution in [0.1, 0.15) is 43.8 Å². The molecule has 27 heavy (non-hydrogen) atoms. The van der Waals surface area contributed by atoms with Gasteiger partial charge in [-0.2, -0.15) is 0 Å². The van der Waals surface area contributed by atoms with Gasteiger partial charge in [-0.1, -0.05) is 13.8 Å². The lowest BCUT2D eigenvalue weighted by Crippen LogP contribution is -2.46. The summed E-state index contributed by atoms with van der Waals surface area (Å²) >= 11 is 1.58. The maximum Gasteiger partial charge on any atom is 0.317 e. The second kappa shape index (κ2) is 11.2. The third-order valence-corrected chi connectivity index (χ3v) is 5.91. The molecule has 1 aromatic heterocycles. The van der Waals surface area contributed by atoms with Gasteiger partial charge in [0.2, 0.25) is 5.91 Å². The number of piperidine rings is 1. The highest BCUT2D eigenvalue weighted by atomic mass is 32.1. The minimum Gasteiger partial charge on any atom is -0.356 e. The van der Waals surface area contributed by atoms with E-state index in [0.29, 0.717) is 19.6 Å². The van der Waals surface area contributed by atoms with E-state index in [9.17, 15) is 9.59 Å². The maximum atomic E-state index is 12.3. The fraction of sp³-hybridized carbons (Fsp3) is 0.737. The zero-order chi connectivity index (χ0) is 19.6. The van der Waals surface area contributed by atoms with E-state index in [1.165, 1.54) is 0 Å². The molecule has 1 aliphatic rings. The summed E-state index contributed by atoms with van der Waals surface area (Å²) in [5.41, 5.74) is 0.893. The smallest absolute Gasteiger partial charge is 0.317 e. The quantitative estimate of drug-likeness (QED) is 0.629. The highest BCUT2D eigenvalue weighted by Gasteiger charge is 2.27. The molecule has 1 saturated heterocycles. The van der Waals surface area contributed by atoms with Crippen LogP contribution in [-0.2, 0) is 11.3 Å². The molecule has 152 valence electrons. The number of likely N-dealkylation sites (tertiary alicyclic amines) is 1. The molecule has 0 radical (unpaired) electrons. The first kappa shape index (κ1) is 21.6. The fourth-order valence-corrected chi connectivity index (χ4v) is 3.92. The van der Waals surface area contributed by atoms with Crippen LogP contribution in [0, 0.1) is 12.8 Å². The molecule has 1 fully saturated rings. The normalized spacial score (nSPS) is 15.2. The summed E-state index contributed by atoms with van der Waals surface area (Å²) in [6.45, 7) is 11.8. The predicted molar refractivity (Wildman–Crippen MR) is 109 cm³/mol. The Hall–Kier alpha value is -1.67. The summed E-state index contributed by atoms with van der Waals surface area (Å²) in [5.74, 6) is 0.149. The molecule has 0 aromatic carbocycles. The van der Waals surface area contributed by atoms with Crippen molar-refractivity contribution in [3.8, 4) is 0 Å². The van der Waals surface area contributed by atoms with E-state index < -0.39 is 0 Å². The number of hydrogen-bond donors (Lipinski definition) is 2. The van der Waals surface area contributed by atoms with Gasteiger partial charge in [-0.25, -0.2) is 9.78 Å². The van der Waals surface area contributed by atoms with E-state index in [1.807, 2.05) is 12.3 Å². The zero-order valence-electron chi connectivity index (χ0n) is 16.8. The van der Waals surface area contributed by atoms with E-state index in [4.69, 9.17) is 0 Å². The van der Waals surface area contributed by atoms with E-state index in [-0.39, 0.29) is 17.9 Å². The summed E-state index contributed by atoms with van der Waals surface area (Å²) < 4.78 is 0. The standard InChI is InChI=1S/C19H33N5O2S/c1-4-23(5-2)10-6-9-20-18(25)16-7-11-24(12-8-16)19(26)21-13-17-14-27-15(3)22-17/h14,16H,4-13H2,1-3H3,(H,20,25)(H,21,26). The number of amides is 3. The van der Waals surface area contributed by atoms with Crippen LogP contribution in [0.3, 0.4) is 0 Å². The molecular formula is C19H33N5O2S. The monoisotopic (exact) mass is 395 g/mol. The number of aromatic nitrogens is 1. The Morgan fingerprint density at radius 1 is 1.26 bits per heavy atom. The lowest BCUT2D eigenvalue weighted by Gasteiger charge is -2.31. The van der Waals surface area contributed by atoms with Crippen LogP contribution < -0.4 is 10.6 Å². The van der Waals surface area contributed by atoms with Crippen LogP contribution in [0.25, 0.3) is 0 Å². The molecular weight excluding hydrogens is 362 g/mol. The largest absolute Gasteiger partial charge is 0.356 e. The average molecular weight is 396 g/mol. The molecule has 3 amide bonds. The number of thiazole rings is 1. The van der Waals surface area contributed by atoms with Crippen LogP contribution >= 0.6 is 11.3 Å². The van der Waals surface area contributed by atoms with Crippen molar-refractivity contribution < 1.29 is 9.59 Å². The summed E-state index contributed by atoms with van der Waals surface area (Å²) in [6, 6.07) is -0.0706. The van der Waals surface area contributed by atoms with Crippen LogP contribution in [0.2, 0.25) is 0 Å². The van der Waals surface area contributed by atoms with Gasteiger partial charge in [0.15, 0.2) is 0 Å². The van der Waals surface area contributed by atoms with E-state index in [0.717, 1.165) is 56.1 Å². The molecule has 0 aliphatic carbocycles. The minimum absolute atomic E-state index is 0.0173. The second-order valence-electron chi connectivity index (χ2n) is 6.95. The Morgan fingerprint density at radius 3 is 2.56 bits per heavy atom. The molecule has 2 heterocycles. The molecule has 8 heteroatoms. The minimum atomic E-state index is -0.0706. The summed E-state index contributed by atoms with van der Waals surface area (Å²) in [4.78, 5) is 33.1. The Morgan fingerprint density at radius 2 is 1.96 bits per heavy atom. The first-order chi connectivity index (χ1) is 13.0. The van der Waals surface area contributed by atoms with Crippen molar-refractivity contribution in [1.82, 2.24) is 25.4 Å². The number of nitrogens with one attached hydrogen (secondary N) is 2. The first-order valence-corrected chi connectivity index (χ1v) is 10.8. The third-order valence-electron chi connectivity index (χ3n) is 5.09. The molecule has 1 aliphatic heterocycles. The van der Waals surface area contributed by atoms with E-state index >= 15 is 0 Å². The third kappa shape index (κ3) is 7.10. The molecule has 2 rings (SSSR count). The molecule has 0 spiro atoms. The SMILES string of the molecule is CCN(CC)CCCNC(=O)C1CCN(C(=O)NCc2csc(C)n2)CC1. The number of carbonyl (C=O) groups is 2. The summed E-state index contributed by atoms with van der Waals surface area (Å²) in [7, 11) is 0. The van der Waals surface area contributed by atoms with E-state index in [2.05, 4.69) is 34.4 Å². The maximum absolute atomic E-state index is 12.3. The number of aryl methyl sites for hydroxylation is 1. The molecule has 0 atom stereocenters. The molecule has 7 nitrogen and oxygen atoms in total. The summed E-state index contributed by atoms with van der Waals surface area (Å²) in [5, 5.41) is 8.94. The molecule has 0 bridgehead atoms. The van der Waals surface area contributed by atoms with Gasteiger partial charge in [-0.3, -0.25) is 4.79 Å². The number of urea groups is 1. The zero-order valence-corrected chi connectivity index (χ0v) is 17.6. The number of carbonyl (C=O) groups excluding carboxylic acids is 2. The molecule has 0 unspecified atom stereocenters. The first-order valence-electron chi connectivity index (χ1n) is 9.97. The van der Waals surface area contributed by atoms with Crippen molar-refractivity contribution in [3.63, 3.8) is 0 Å². The Balaban J connectivity index is 1.62. The molecule has 1 aromatic rings. The van der Waals surface area contributed by atoms with Crippen molar-refractivity contribution >= 4 is 23.3 Å². The van der Waals surface area contributed by atoms with Crippen LogP contribution in [-0.4, -0.2) is 66.0 Å². The van der Waals surface area contributed by atoms with Gasteiger partial charge in [0.25, 0.3) is 0 Å². The van der Waals surface area contributed by atoms with Crippen LogP contribution in [0.5, 0.6) is 0 Å². The lowest BCUT2D eigenvalue weighted by atomic mass is 9.96. The number of rotatable bonds is 9. The van der Waals surface area contributed by atoms with Crippen LogP contribution in [0.4, 0.5) is 4.79 Å². The Labute approximate surface area is 166 Å². The number of hydrogen-bond acceptors (Lipinski definition) is 5. The average Bonchev–Trinajstić information content (AvgIpc) is 3.11. The van der Waals surface area contributed by atoms with Crippen LogP contribution in [0.15, 0.2) is 5.38 Å². The van der Waals surface area contributed by atoms with Crippen molar-refractivity contribution in [3.05, 3.63) is 16.1 Å². The van der Waals surface area contributed by atoms with Gasteiger partial charge in [-0.15, -0.1) is 11.3 Å². The van der Waals surface area contributed by atoms with Gasteiger partial charge in [-0.05, 0) is 45.8 Å². The fourth-order valence-electron chi connectivity index (χ4n) is 3.31. The molecule has 0 saturated carbocycles. The molecule has 2 N–H and O–H groups in total.